The standard InChI is InChI=1S/C27H42N4O2/c1-21(2)17-29(4)27(23-11-6-5-7-12-23)15-13-26(14-16-27)20-30(19-24(32)28-3)25(33)31(26)18-22-9-8-10-22/h5-7,11-12,21-22H,8-10,13-20H2,1-4H3,(H,28,32)/t26-,27+. The van der Waals surface area contributed by atoms with Gasteiger partial charge in [-0.05, 0) is 63.0 Å². The van der Waals surface area contributed by atoms with Crippen LogP contribution in [0.2, 0.25) is 0 Å². The molecule has 0 unspecified atom stereocenters. The molecule has 1 aliphatic heterocycles. The van der Waals surface area contributed by atoms with E-state index in [-0.39, 0.29) is 29.6 Å². The SMILES string of the molecule is CNC(=O)CN1C[C@]2(CC[C@](c3ccccc3)(N(C)CC(C)C)CC2)N(CC2CCC2)C1=O. The molecule has 182 valence electrons. The Kier molecular flexibility index (Phi) is 7.04. The van der Waals surface area contributed by atoms with Gasteiger partial charge in [-0.1, -0.05) is 50.6 Å². The highest BCUT2D eigenvalue weighted by molar-refractivity contribution is 5.85. The third kappa shape index (κ3) is 4.64. The van der Waals surface area contributed by atoms with Crippen molar-refractivity contribution >= 4 is 11.9 Å². The number of amides is 3. The predicted molar refractivity (Wildman–Crippen MR) is 132 cm³/mol. The van der Waals surface area contributed by atoms with E-state index in [4.69, 9.17) is 0 Å². The summed E-state index contributed by atoms with van der Waals surface area (Å²) in [6.07, 6.45) is 7.74. The van der Waals surface area contributed by atoms with Gasteiger partial charge in [0.25, 0.3) is 0 Å². The molecule has 1 aromatic carbocycles. The Balaban J connectivity index is 1.60. The topological polar surface area (TPSA) is 55.9 Å². The summed E-state index contributed by atoms with van der Waals surface area (Å²) in [6.45, 7) is 7.30. The number of nitrogens with one attached hydrogen (secondary N) is 1. The van der Waals surface area contributed by atoms with Crippen LogP contribution in [-0.2, 0) is 10.3 Å². The van der Waals surface area contributed by atoms with Crippen molar-refractivity contribution in [3.05, 3.63) is 35.9 Å². The van der Waals surface area contributed by atoms with E-state index in [9.17, 15) is 9.59 Å². The number of hydrogen-bond donors (Lipinski definition) is 1. The number of nitrogens with zero attached hydrogens (tertiary/aromatic N) is 3. The van der Waals surface area contributed by atoms with E-state index in [2.05, 4.69) is 66.3 Å². The van der Waals surface area contributed by atoms with E-state index in [1.807, 2.05) is 0 Å². The van der Waals surface area contributed by atoms with Crippen LogP contribution in [0.1, 0.15) is 64.4 Å². The van der Waals surface area contributed by atoms with E-state index in [1.165, 1.54) is 24.8 Å². The first kappa shape index (κ1) is 24.1. The lowest BCUT2D eigenvalue weighted by Gasteiger charge is -2.52. The van der Waals surface area contributed by atoms with Crippen molar-refractivity contribution in [2.75, 3.05) is 40.3 Å². The van der Waals surface area contributed by atoms with Gasteiger partial charge in [0.15, 0.2) is 0 Å². The molecule has 0 aromatic heterocycles. The zero-order valence-electron chi connectivity index (χ0n) is 21.0. The van der Waals surface area contributed by atoms with Crippen LogP contribution in [-0.4, -0.2) is 72.5 Å². The van der Waals surface area contributed by atoms with Crippen LogP contribution in [0.4, 0.5) is 4.79 Å². The minimum absolute atomic E-state index is 0.00379. The Morgan fingerprint density at radius 1 is 1.15 bits per heavy atom. The molecule has 4 rings (SSSR count). The van der Waals surface area contributed by atoms with Gasteiger partial charge in [-0.25, -0.2) is 4.79 Å². The van der Waals surface area contributed by atoms with Crippen LogP contribution in [0.25, 0.3) is 0 Å². The Bertz CT molecular complexity index is 828. The summed E-state index contributed by atoms with van der Waals surface area (Å²) in [4.78, 5) is 32.1. The molecule has 0 atom stereocenters. The second-order valence-electron chi connectivity index (χ2n) is 11.1. The van der Waals surface area contributed by atoms with Gasteiger partial charge in [0, 0.05) is 32.2 Å². The number of benzene rings is 1. The number of urea groups is 1. The summed E-state index contributed by atoms with van der Waals surface area (Å²) in [7, 11) is 3.92. The maximum absolute atomic E-state index is 13.5. The highest BCUT2D eigenvalue weighted by atomic mass is 16.2. The molecule has 0 radical (unpaired) electrons. The van der Waals surface area contributed by atoms with E-state index in [0.29, 0.717) is 18.4 Å². The van der Waals surface area contributed by atoms with Crippen molar-refractivity contribution in [1.82, 2.24) is 20.0 Å². The molecule has 2 saturated carbocycles. The first-order valence-electron chi connectivity index (χ1n) is 12.8. The fraction of sp³-hybridized carbons (Fsp3) is 0.704. The van der Waals surface area contributed by atoms with E-state index < -0.39 is 0 Å². The zero-order valence-corrected chi connectivity index (χ0v) is 21.0. The van der Waals surface area contributed by atoms with Crippen molar-refractivity contribution in [1.29, 1.82) is 0 Å². The Hall–Kier alpha value is -2.08. The van der Waals surface area contributed by atoms with E-state index in [1.54, 1.807) is 11.9 Å². The van der Waals surface area contributed by atoms with Gasteiger partial charge in [-0.15, -0.1) is 0 Å². The van der Waals surface area contributed by atoms with Crippen LogP contribution in [0.15, 0.2) is 30.3 Å². The second-order valence-corrected chi connectivity index (χ2v) is 11.1. The molecule has 3 aliphatic rings. The molecular weight excluding hydrogens is 412 g/mol. The molecule has 33 heavy (non-hydrogen) atoms. The quantitative estimate of drug-likeness (QED) is 0.644. The molecule has 1 spiro atoms. The lowest BCUT2D eigenvalue weighted by molar-refractivity contribution is -0.121. The molecule has 1 N–H and O–H groups in total. The van der Waals surface area contributed by atoms with Crippen molar-refractivity contribution in [2.24, 2.45) is 11.8 Å². The van der Waals surface area contributed by atoms with Crippen molar-refractivity contribution < 1.29 is 9.59 Å². The lowest BCUT2D eigenvalue weighted by atomic mass is 9.67. The molecule has 3 fully saturated rings. The summed E-state index contributed by atoms with van der Waals surface area (Å²) in [6, 6.07) is 11.0. The van der Waals surface area contributed by atoms with Crippen LogP contribution in [0.5, 0.6) is 0 Å². The number of carbonyl (C=O) groups is 2. The Morgan fingerprint density at radius 2 is 1.82 bits per heavy atom. The molecule has 0 bridgehead atoms. The van der Waals surface area contributed by atoms with Gasteiger partial charge in [0.05, 0.1) is 5.54 Å². The molecule has 3 amide bonds. The molecule has 6 heteroatoms. The van der Waals surface area contributed by atoms with Gasteiger partial charge >= 0.3 is 6.03 Å². The monoisotopic (exact) mass is 454 g/mol. The molecule has 1 aromatic rings. The van der Waals surface area contributed by atoms with Gasteiger partial charge in [0.2, 0.25) is 5.91 Å². The smallest absolute Gasteiger partial charge is 0.321 e. The third-order valence-electron chi connectivity index (χ3n) is 8.53. The summed E-state index contributed by atoms with van der Waals surface area (Å²) in [5.74, 6) is 1.13. The summed E-state index contributed by atoms with van der Waals surface area (Å²) < 4.78 is 0. The minimum atomic E-state index is -0.155. The predicted octanol–water partition coefficient (Wildman–Crippen LogP) is 4.07. The normalized spacial score (nSPS) is 28.1. The van der Waals surface area contributed by atoms with Gasteiger partial charge in [-0.3, -0.25) is 9.69 Å². The van der Waals surface area contributed by atoms with Gasteiger partial charge in [0.1, 0.15) is 6.54 Å². The van der Waals surface area contributed by atoms with E-state index >= 15 is 0 Å². The maximum Gasteiger partial charge on any atom is 0.321 e. The summed E-state index contributed by atoms with van der Waals surface area (Å²) >= 11 is 0. The highest BCUT2D eigenvalue weighted by Gasteiger charge is 2.55. The fourth-order valence-corrected chi connectivity index (χ4v) is 6.38. The Labute approximate surface area is 199 Å². The fourth-order valence-electron chi connectivity index (χ4n) is 6.38. The highest BCUT2D eigenvalue weighted by Crippen LogP contribution is 2.50. The summed E-state index contributed by atoms with van der Waals surface area (Å²) in [5, 5.41) is 2.69. The first-order chi connectivity index (χ1) is 15.8. The summed E-state index contributed by atoms with van der Waals surface area (Å²) in [5.41, 5.74) is 1.23. The zero-order chi connectivity index (χ0) is 23.6. The van der Waals surface area contributed by atoms with Gasteiger partial charge < -0.3 is 15.1 Å². The Morgan fingerprint density at radius 3 is 2.36 bits per heavy atom. The van der Waals surface area contributed by atoms with E-state index in [0.717, 1.165) is 38.8 Å². The number of rotatable bonds is 8. The van der Waals surface area contributed by atoms with Crippen LogP contribution in [0.3, 0.4) is 0 Å². The van der Waals surface area contributed by atoms with Crippen molar-refractivity contribution in [3.8, 4) is 0 Å². The largest absolute Gasteiger partial charge is 0.358 e. The molecular formula is C27H42N4O2. The van der Waals surface area contributed by atoms with Crippen LogP contribution < -0.4 is 5.32 Å². The average molecular weight is 455 g/mol. The molecule has 6 nitrogen and oxygen atoms in total. The van der Waals surface area contributed by atoms with Crippen molar-refractivity contribution in [3.63, 3.8) is 0 Å². The second kappa shape index (κ2) is 9.65. The molecule has 1 heterocycles. The average Bonchev–Trinajstić information content (AvgIpc) is 3.01. The van der Waals surface area contributed by atoms with Gasteiger partial charge in [-0.2, -0.15) is 0 Å². The maximum atomic E-state index is 13.5. The van der Waals surface area contributed by atoms with Crippen molar-refractivity contribution in [2.45, 2.75) is 69.9 Å². The molecule has 2 aliphatic carbocycles. The number of carbonyl (C=O) groups excluding carboxylic acids is 2. The first-order valence-corrected chi connectivity index (χ1v) is 12.8. The van der Waals surface area contributed by atoms with Crippen LogP contribution >= 0.6 is 0 Å². The van der Waals surface area contributed by atoms with Crippen LogP contribution in [0, 0.1) is 11.8 Å². The molecule has 1 saturated heterocycles. The number of hydrogen-bond acceptors (Lipinski definition) is 3. The minimum Gasteiger partial charge on any atom is -0.358 e. The lowest BCUT2D eigenvalue weighted by Crippen LogP contribution is -2.57. The third-order valence-corrected chi connectivity index (χ3v) is 8.53. The number of likely N-dealkylation sites (N-methyl/N-ethyl adjacent to an activating group) is 1.